The summed E-state index contributed by atoms with van der Waals surface area (Å²) in [5, 5.41) is 13.0. The third kappa shape index (κ3) is 6.99. The van der Waals surface area contributed by atoms with E-state index in [1.807, 2.05) is 0 Å². The van der Waals surface area contributed by atoms with Crippen molar-refractivity contribution in [3.05, 3.63) is 0 Å². The monoisotopic (exact) mass is 245 g/mol. The Hall–Kier alpha value is -0.160. The summed E-state index contributed by atoms with van der Waals surface area (Å²) >= 11 is 0. The fourth-order valence-electron chi connectivity index (χ4n) is 2.34. The van der Waals surface area contributed by atoms with Crippen LogP contribution in [0.25, 0.3) is 0 Å². The number of aliphatic hydroxyl groups excluding tert-OH is 1. The second kappa shape index (κ2) is 8.86. The van der Waals surface area contributed by atoms with E-state index in [-0.39, 0.29) is 6.10 Å². The molecule has 0 radical (unpaired) electrons. The van der Waals surface area contributed by atoms with Crippen molar-refractivity contribution in [2.24, 2.45) is 5.92 Å². The van der Waals surface area contributed by atoms with Crippen molar-refractivity contribution >= 4 is 0 Å². The topological polar surface area (TPSA) is 50.7 Å². The first-order valence-electron chi connectivity index (χ1n) is 6.70. The van der Waals surface area contributed by atoms with Crippen LogP contribution in [0, 0.1) is 5.92 Å². The summed E-state index contributed by atoms with van der Waals surface area (Å²) in [5.41, 5.74) is 0. The largest absolute Gasteiger partial charge is 0.391 e. The Labute approximate surface area is 105 Å². The smallest absolute Gasteiger partial charge is 0.0785 e. The van der Waals surface area contributed by atoms with Crippen LogP contribution in [0.15, 0.2) is 0 Å². The van der Waals surface area contributed by atoms with Crippen LogP contribution in [0.4, 0.5) is 0 Å². The third-order valence-corrected chi connectivity index (χ3v) is 3.36. The molecular weight excluding hydrogens is 218 g/mol. The zero-order chi connectivity index (χ0) is 12.5. The summed E-state index contributed by atoms with van der Waals surface area (Å²) in [6.07, 6.45) is 4.01. The number of ether oxygens (including phenoxy) is 2. The fourth-order valence-corrected chi connectivity index (χ4v) is 2.34. The van der Waals surface area contributed by atoms with Gasteiger partial charge in [-0.2, -0.15) is 0 Å². The van der Waals surface area contributed by atoms with Gasteiger partial charge in [-0.3, -0.25) is 0 Å². The van der Waals surface area contributed by atoms with E-state index in [0.717, 1.165) is 32.1 Å². The molecule has 0 aromatic heterocycles. The van der Waals surface area contributed by atoms with Gasteiger partial charge in [-0.25, -0.2) is 0 Å². The molecule has 17 heavy (non-hydrogen) atoms. The number of aliphatic hydroxyl groups is 1. The van der Waals surface area contributed by atoms with E-state index in [1.54, 1.807) is 7.11 Å². The third-order valence-electron chi connectivity index (χ3n) is 3.36. The van der Waals surface area contributed by atoms with Crippen LogP contribution >= 0.6 is 0 Å². The first kappa shape index (κ1) is 14.9. The molecule has 0 bridgehead atoms. The normalized spacial score (nSPS) is 21.4. The van der Waals surface area contributed by atoms with Crippen LogP contribution in [-0.2, 0) is 9.47 Å². The van der Waals surface area contributed by atoms with Crippen LogP contribution < -0.4 is 5.32 Å². The number of rotatable bonds is 8. The quantitative estimate of drug-likeness (QED) is 0.674. The van der Waals surface area contributed by atoms with E-state index in [2.05, 4.69) is 12.2 Å². The van der Waals surface area contributed by atoms with Crippen LogP contribution in [0.1, 0.15) is 32.6 Å². The summed E-state index contributed by atoms with van der Waals surface area (Å²) in [4.78, 5) is 0. The summed E-state index contributed by atoms with van der Waals surface area (Å²) in [6.45, 7) is 5.34. The van der Waals surface area contributed by atoms with Crippen molar-refractivity contribution in [1.29, 1.82) is 0 Å². The summed E-state index contributed by atoms with van der Waals surface area (Å²) in [5.74, 6) is 0.801. The second-order valence-electron chi connectivity index (χ2n) is 5.04. The predicted molar refractivity (Wildman–Crippen MR) is 68.1 cm³/mol. The maximum Gasteiger partial charge on any atom is 0.0785 e. The molecule has 0 aliphatic carbocycles. The van der Waals surface area contributed by atoms with Crippen molar-refractivity contribution in [3.63, 3.8) is 0 Å². The van der Waals surface area contributed by atoms with Crippen molar-refractivity contribution in [1.82, 2.24) is 5.32 Å². The number of methoxy groups -OCH3 is 1. The van der Waals surface area contributed by atoms with Crippen molar-refractivity contribution in [2.75, 3.05) is 33.5 Å². The van der Waals surface area contributed by atoms with E-state index in [1.165, 1.54) is 19.3 Å². The molecule has 2 N–H and O–H groups in total. The Morgan fingerprint density at radius 1 is 1.41 bits per heavy atom. The SMILES string of the molecule is COCC(O)CCNC(C)CC1CCOCC1. The van der Waals surface area contributed by atoms with Crippen molar-refractivity contribution < 1.29 is 14.6 Å². The van der Waals surface area contributed by atoms with Crippen LogP contribution in [0.2, 0.25) is 0 Å². The average molecular weight is 245 g/mol. The van der Waals surface area contributed by atoms with Gasteiger partial charge in [0.15, 0.2) is 0 Å². The van der Waals surface area contributed by atoms with Gasteiger partial charge < -0.3 is 19.9 Å². The lowest BCUT2D eigenvalue weighted by Crippen LogP contribution is -2.33. The number of nitrogens with one attached hydrogen (secondary N) is 1. The minimum atomic E-state index is -0.345. The summed E-state index contributed by atoms with van der Waals surface area (Å²) < 4.78 is 10.2. The Balaban J connectivity index is 2.02. The molecule has 102 valence electrons. The molecule has 1 aliphatic rings. The number of hydrogen-bond donors (Lipinski definition) is 2. The minimum Gasteiger partial charge on any atom is -0.391 e. The molecule has 0 saturated carbocycles. The van der Waals surface area contributed by atoms with E-state index >= 15 is 0 Å². The van der Waals surface area contributed by atoms with E-state index < -0.39 is 0 Å². The zero-order valence-corrected chi connectivity index (χ0v) is 11.2. The zero-order valence-electron chi connectivity index (χ0n) is 11.2. The van der Waals surface area contributed by atoms with Gasteiger partial charge in [0.1, 0.15) is 0 Å². The van der Waals surface area contributed by atoms with Crippen molar-refractivity contribution in [3.8, 4) is 0 Å². The average Bonchev–Trinajstić information content (AvgIpc) is 2.30. The van der Waals surface area contributed by atoms with Gasteiger partial charge in [-0.05, 0) is 45.1 Å². The van der Waals surface area contributed by atoms with Crippen LogP contribution in [0.5, 0.6) is 0 Å². The molecular formula is C13H27NO3. The highest BCUT2D eigenvalue weighted by atomic mass is 16.5. The molecule has 1 fully saturated rings. The Bertz CT molecular complexity index is 184. The molecule has 1 heterocycles. The van der Waals surface area contributed by atoms with E-state index in [4.69, 9.17) is 9.47 Å². The van der Waals surface area contributed by atoms with Crippen molar-refractivity contribution in [2.45, 2.75) is 44.8 Å². The molecule has 2 unspecified atom stereocenters. The van der Waals surface area contributed by atoms with E-state index in [0.29, 0.717) is 12.6 Å². The molecule has 4 nitrogen and oxygen atoms in total. The molecule has 1 saturated heterocycles. The Morgan fingerprint density at radius 2 is 2.12 bits per heavy atom. The lowest BCUT2D eigenvalue weighted by Gasteiger charge is -2.25. The van der Waals surface area contributed by atoms with Gasteiger partial charge in [-0.15, -0.1) is 0 Å². The molecule has 1 aliphatic heterocycles. The van der Waals surface area contributed by atoms with Gasteiger partial charge in [0.25, 0.3) is 0 Å². The van der Waals surface area contributed by atoms with Gasteiger partial charge in [0.2, 0.25) is 0 Å². The number of hydrogen-bond acceptors (Lipinski definition) is 4. The highest BCUT2D eigenvalue weighted by Crippen LogP contribution is 2.19. The predicted octanol–water partition coefficient (Wildman–Crippen LogP) is 1.18. The maximum atomic E-state index is 9.50. The molecule has 0 aromatic carbocycles. The first-order chi connectivity index (χ1) is 8.22. The lowest BCUT2D eigenvalue weighted by atomic mass is 9.93. The van der Waals surface area contributed by atoms with Crippen LogP contribution in [-0.4, -0.2) is 50.7 Å². The second-order valence-corrected chi connectivity index (χ2v) is 5.04. The standard InChI is InChI=1S/C13H27NO3/c1-11(9-12-4-7-17-8-5-12)14-6-3-13(15)10-16-2/h11-15H,3-10H2,1-2H3. The molecule has 0 spiro atoms. The van der Waals surface area contributed by atoms with E-state index in [9.17, 15) is 5.11 Å². The Kier molecular flexibility index (Phi) is 7.77. The van der Waals surface area contributed by atoms with Gasteiger partial charge in [-0.1, -0.05) is 0 Å². The molecule has 0 aromatic rings. The fraction of sp³-hybridized carbons (Fsp3) is 1.00. The molecule has 4 heteroatoms. The minimum absolute atomic E-state index is 0.345. The molecule has 1 rings (SSSR count). The first-order valence-corrected chi connectivity index (χ1v) is 6.70. The molecule has 0 amide bonds. The van der Waals surface area contributed by atoms with Gasteiger partial charge >= 0.3 is 0 Å². The van der Waals surface area contributed by atoms with Gasteiger partial charge in [0, 0.05) is 26.4 Å². The lowest BCUT2D eigenvalue weighted by molar-refractivity contribution is 0.0559. The van der Waals surface area contributed by atoms with Crippen LogP contribution in [0.3, 0.4) is 0 Å². The van der Waals surface area contributed by atoms with Gasteiger partial charge in [0.05, 0.1) is 12.7 Å². The molecule has 2 atom stereocenters. The Morgan fingerprint density at radius 3 is 2.76 bits per heavy atom. The summed E-state index contributed by atoms with van der Waals surface area (Å²) in [6, 6.07) is 0.521. The summed E-state index contributed by atoms with van der Waals surface area (Å²) in [7, 11) is 1.62. The highest BCUT2D eigenvalue weighted by molar-refractivity contribution is 4.71. The maximum absolute atomic E-state index is 9.50. The highest BCUT2D eigenvalue weighted by Gasteiger charge is 2.16.